The Morgan fingerprint density at radius 2 is 1.92 bits per heavy atom. The average Bonchev–Trinajstić information content (AvgIpc) is 2.60. The van der Waals surface area contributed by atoms with E-state index in [0.717, 1.165) is 32.5 Å². The zero-order chi connectivity index (χ0) is 17.8. The summed E-state index contributed by atoms with van der Waals surface area (Å²) in [4.78, 5) is 14.9. The summed E-state index contributed by atoms with van der Waals surface area (Å²) in [6.45, 7) is 4.79. The van der Waals surface area contributed by atoms with Gasteiger partial charge in [0.25, 0.3) is 0 Å². The lowest BCUT2D eigenvalue weighted by Gasteiger charge is -2.32. The molecule has 25 heavy (non-hydrogen) atoms. The van der Waals surface area contributed by atoms with Gasteiger partial charge in [-0.25, -0.2) is 0 Å². The van der Waals surface area contributed by atoms with Crippen molar-refractivity contribution in [1.82, 2.24) is 4.90 Å². The van der Waals surface area contributed by atoms with E-state index in [2.05, 4.69) is 41.4 Å². The van der Waals surface area contributed by atoms with E-state index in [0.29, 0.717) is 15.7 Å². The van der Waals surface area contributed by atoms with Crippen LogP contribution in [0.4, 0.5) is 5.69 Å². The van der Waals surface area contributed by atoms with Crippen LogP contribution in [0.1, 0.15) is 24.0 Å². The molecule has 1 amide bonds. The first-order valence-electron chi connectivity index (χ1n) is 8.55. The number of nitrogens with zero attached hydrogens (tertiary/aromatic N) is 1. The van der Waals surface area contributed by atoms with Crippen molar-refractivity contribution in [3.05, 3.63) is 63.6 Å². The SMILES string of the molecule is Cc1ccc(CN2CCCC(C(=O)Nc3ccc(Cl)c(Cl)c3)C2)cc1. The van der Waals surface area contributed by atoms with Crippen LogP contribution in [0.25, 0.3) is 0 Å². The number of likely N-dealkylation sites (tertiary alicyclic amines) is 1. The summed E-state index contributed by atoms with van der Waals surface area (Å²) in [6.07, 6.45) is 1.95. The second-order valence-corrected chi connectivity index (χ2v) is 7.49. The molecule has 2 aromatic rings. The minimum atomic E-state index is -0.00588. The lowest BCUT2D eigenvalue weighted by atomic mass is 9.96. The first kappa shape index (κ1) is 18.2. The summed E-state index contributed by atoms with van der Waals surface area (Å²) < 4.78 is 0. The van der Waals surface area contributed by atoms with E-state index >= 15 is 0 Å². The first-order valence-corrected chi connectivity index (χ1v) is 9.30. The van der Waals surface area contributed by atoms with Gasteiger partial charge in [0.2, 0.25) is 5.91 Å². The highest BCUT2D eigenvalue weighted by Gasteiger charge is 2.26. The second kappa shape index (κ2) is 8.22. The van der Waals surface area contributed by atoms with Gasteiger partial charge in [0.15, 0.2) is 0 Å². The fourth-order valence-corrected chi connectivity index (χ4v) is 3.48. The van der Waals surface area contributed by atoms with E-state index in [1.54, 1.807) is 18.2 Å². The van der Waals surface area contributed by atoms with Gasteiger partial charge in [-0.2, -0.15) is 0 Å². The van der Waals surface area contributed by atoms with Crippen molar-refractivity contribution < 1.29 is 4.79 Å². The zero-order valence-corrected chi connectivity index (χ0v) is 15.8. The number of rotatable bonds is 4. The Balaban J connectivity index is 1.59. The molecular weight excluding hydrogens is 355 g/mol. The van der Waals surface area contributed by atoms with Crippen molar-refractivity contribution in [3.63, 3.8) is 0 Å². The number of amides is 1. The number of piperidine rings is 1. The third kappa shape index (κ3) is 4.97. The van der Waals surface area contributed by atoms with Crippen molar-refractivity contribution in [2.75, 3.05) is 18.4 Å². The molecule has 3 rings (SSSR count). The van der Waals surface area contributed by atoms with Gasteiger partial charge in [-0.05, 0) is 50.1 Å². The van der Waals surface area contributed by atoms with Crippen LogP contribution in [0.3, 0.4) is 0 Å². The summed E-state index contributed by atoms with van der Waals surface area (Å²) in [5.74, 6) is 0.0423. The number of carbonyl (C=O) groups is 1. The van der Waals surface area contributed by atoms with Crippen LogP contribution in [-0.2, 0) is 11.3 Å². The third-order valence-corrected chi connectivity index (χ3v) is 5.33. The van der Waals surface area contributed by atoms with Crippen molar-refractivity contribution in [2.45, 2.75) is 26.3 Å². The van der Waals surface area contributed by atoms with Crippen LogP contribution >= 0.6 is 23.2 Å². The third-order valence-electron chi connectivity index (χ3n) is 4.59. The highest BCUT2D eigenvalue weighted by molar-refractivity contribution is 6.42. The normalized spacial score (nSPS) is 18.1. The summed E-state index contributed by atoms with van der Waals surface area (Å²) in [5, 5.41) is 3.90. The topological polar surface area (TPSA) is 32.3 Å². The second-order valence-electron chi connectivity index (χ2n) is 6.68. The molecule has 1 atom stereocenters. The summed E-state index contributed by atoms with van der Waals surface area (Å²) in [7, 11) is 0. The molecule has 1 N–H and O–H groups in total. The molecule has 1 aliphatic heterocycles. The monoisotopic (exact) mass is 376 g/mol. The molecule has 132 valence electrons. The molecule has 1 aliphatic rings. The van der Waals surface area contributed by atoms with Crippen LogP contribution in [0.15, 0.2) is 42.5 Å². The molecule has 0 spiro atoms. The minimum absolute atomic E-state index is 0.00588. The van der Waals surface area contributed by atoms with Crippen LogP contribution in [0.2, 0.25) is 10.0 Å². The predicted octanol–water partition coefficient (Wildman–Crippen LogP) is 5.15. The van der Waals surface area contributed by atoms with Crippen LogP contribution < -0.4 is 5.32 Å². The minimum Gasteiger partial charge on any atom is -0.326 e. The maximum absolute atomic E-state index is 12.6. The molecule has 1 fully saturated rings. The van der Waals surface area contributed by atoms with E-state index in [1.165, 1.54) is 11.1 Å². The molecule has 0 aliphatic carbocycles. The lowest BCUT2D eigenvalue weighted by Crippen LogP contribution is -2.40. The van der Waals surface area contributed by atoms with Gasteiger partial charge in [0.05, 0.1) is 16.0 Å². The van der Waals surface area contributed by atoms with Crippen molar-refractivity contribution in [2.24, 2.45) is 5.92 Å². The van der Waals surface area contributed by atoms with Gasteiger partial charge in [0, 0.05) is 18.8 Å². The Morgan fingerprint density at radius 3 is 2.64 bits per heavy atom. The number of hydrogen-bond donors (Lipinski definition) is 1. The smallest absolute Gasteiger partial charge is 0.228 e. The Morgan fingerprint density at radius 1 is 1.16 bits per heavy atom. The summed E-state index contributed by atoms with van der Waals surface area (Å²) in [5.41, 5.74) is 3.24. The molecule has 1 unspecified atom stereocenters. The molecule has 3 nitrogen and oxygen atoms in total. The van der Waals surface area contributed by atoms with Crippen molar-refractivity contribution >= 4 is 34.8 Å². The molecule has 1 heterocycles. The maximum Gasteiger partial charge on any atom is 0.228 e. The van der Waals surface area contributed by atoms with Crippen LogP contribution in [0.5, 0.6) is 0 Å². The van der Waals surface area contributed by atoms with Gasteiger partial charge < -0.3 is 5.32 Å². The van der Waals surface area contributed by atoms with Crippen molar-refractivity contribution in [1.29, 1.82) is 0 Å². The number of halogens is 2. The van der Waals surface area contributed by atoms with Gasteiger partial charge in [-0.15, -0.1) is 0 Å². The predicted molar refractivity (Wildman–Crippen MR) is 104 cm³/mol. The standard InChI is InChI=1S/C20H22Cl2N2O/c1-14-4-6-15(7-5-14)12-24-10-2-3-16(13-24)20(25)23-17-8-9-18(21)19(22)11-17/h4-9,11,16H,2-3,10,12-13H2,1H3,(H,23,25). The highest BCUT2D eigenvalue weighted by Crippen LogP contribution is 2.26. The molecule has 0 bridgehead atoms. The van der Waals surface area contributed by atoms with E-state index in [4.69, 9.17) is 23.2 Å². The summed E-state index contributed by atoms with van der Waals surface area (Å²) >= 11 is 11.9. The quantitative estimate of drug-likeness (QED) is 0.799. The van der Waals surface area contributed by atoms with E-state index in [9.17, 15) is 4.79 Å². The maximum atomic E-state index is 12.6. The summed E-state index contributed by atoms with van der Waals surface area (Å²) in [6, 6.07) is 13.8. The zero-order valence-electron chi connectivity index (χ0n) is 14.3. The largest absolute Gasteiger partial charge is 0.326 e. The van der Waals surface area contributed by atoms with Gasteiger partial charge in [0.1, 0.15) is 0 Å². The Kier molecular flexibility index (Phi) is 6.00. The number of anilines is 1. The van der Waals surface area contributed by atoms with E-state index < -0.39 is 0 Å². The number of nitrogens with one attached hydrogen (secondary N) is 1. The highest BCUT2D eigenvalue weighted by atomic mass is 35.5. The fraction of sp³-hybridized carbons (Fsp3) is 0.350. The van der Waals surface area contributed by atoms with E-state index in [-0.39, 0.29) is 11.8 Å². The molecule has 0 aromatic heterocycles. The average molecular weight is 377 g/mol. The number of hydrogen-bond acceptors (Lipinski definition) is 2. The van der Waals surface area contributed by atoms with Gasteiger partial charge >= 0.3 is 0 Å². The Labute approximate surface area is 158 Å². The molecular formula is C20H22Cl2N2O. The number of aryl methyl sites for hydroxylation is 1. The number of benzene rings is 2. The Bertz CT molecular complexity index is 746. The Hall–Kier alpha value is -1.55. The first-order chi connectivity index (χ1) is 12.0. The molecule has 5 heteroatoms. The van der Waals surface area contributed by atoms with Gasteiger partial charge in [-0.1, -0.05) is 53.0 Å². The molecule has 2 aromatic carbocycles. The van der Waals surface area contributed by atoms with Crippen molar-refractivity contribution in [3.8, 4) is 0 Å². The molecule has 0 radical (unpaired) electrons. The van der Waals surface area contributed by atoms with E-state index in [1.807, 2.05) is 0 Å². The van der Waals surface area contributed by atoms with Gasteiger partial charge in [-0.3, -0.25) is 9.69 Å². The molecule has 1 saturated heterocycles. The fourth-order valence-electron chi connectivity index (χ4n) is 3.18. The van der Waals surface area contributed by atoms with Crippen LogP contribution in [-0.4, -0.2) is 23.9 Å². The van der Waals surface area contributed by atoms with Crippen LogP contribution in [0, 0.1) is 12.8 Å². The number of carbonyl (C=O) groups excluding carboxylic acids is 1. The lowest BCUT2D eigenvalue weighted by molar-refractivity contribution is -0.121. The molecule has 0 saturated carbocycles.